The topological polar surface area (TPSA) is 44.9 Å². The van der Waals surface area contributed by atoms with Gasteiger partial charge in [-0.1, -0.05) is 12.1 Å². The molecule has 2 heterocycles. The van der Waals surface area contributed by atoms with Crippen molar-refractivity contribution in [1.82, 2.24) is 0 Å². The molecule has 0 amide bonds. The van der Waals surface area contributed by atoms with Crippen LogP contribution >= 0.6 is 0 Å². The first kappa shape index (κ1) is 6.91. The highest BCUT2D eigenvalue weighted by atomic mass is 15.6. The molecule has 2 aliphatic heterocycles. The van der Waals surface area contributed by atoms with E-state index in [4.69, 9.17) is 5.84 Å². The van der Waals surface area contributed by atoms with Gasteiger partial charge in [-0.25, -0.2) is 15.8 Å². The largest absolute Gasteiger partial charge is 0.307 e. The Morgan fingerprint density at radius 2 is 2.00 bits per heavy atom. The minimum Gasteiger partial charge on any atom is -0.307 e. The van der Waals surface area contributed by atoms with Crippen molar-refractivity contribution in [3.63, 3.8) is 0 Å². The van der Waals surface area contributed by atoms with Gasteiger partial charge in [-0.3, -0.25) is 0 Å². The monoisotopic (exact) mass is 174 g/mol. The molecular formula is C9H10N4. The van der Waals surface area contributed by atoms with E-state index < -0.39 is 0 Å². The van der Waals surface area contributed by atoms with E-state index in [1.54, 1.807) is 5.01 Å². The number of nitrogens with two attached hydrogens (primary N) is 1. The summed E-state index contributed by atoms with van der Waals surface area (Å²) < 4.78 is 0. The lowest BCUT2D eigenvalue weighted by Gasteiger charge is -2.12. The summed E-state index contributed by atoms with van der Waals surface area (Å²) in [6, 6.07) is 8.09. The zero-order chi connectivity index (χ0) is 8.84. The number of nitrogens with zero attached hydrogens (tertiary/aromatic N) is 3. The zero-order valence-electron chi connectivity index (χ0n) is 7.14. The second-order valence-corrected chi connectivity index (χ2v) is 3.19. The third-order valence-corrected chi connectivity index (χ3v) is 2.47. The molecule has 0 saturated carbocycles. The molecule has 3 rings (SSSR count). The number of aliphatic imine (C=N–C) groups is 1. The highest BCUT2D eigenvalue weighted by molar-refractivity contribution is 6.16. The van der Waals surface area contributed by atoms with Crippen LogP contribution in [0.3, 0.4) is 0 Å². The van der Waals surface area contributed by atoms with Crippen molar-refractivity contribution >= 4 is 17.3 Å². The Morgan fingerprint density at radius 1 is 1.23 bits per heavy atom. The zero-order valence-corrected chi connectivity index (χ0v) is 7.14. The van der Waals surface area contributed by atoms with Crippen LogP contribution in [-0.4, -0.2) is 19.0 Å². The first-order valence-corrected chi connectivity index (χ1v) is 4.34. The molecule has 0 atom stereocenters. The Labute approximate surface area is 76.2 Å². The molecule has 0 aromatic heterocycles. The lowest BCUT2D eigenvalue weighted by atomic mass is 10.2. The first-order chi connectivity index (χ1) is 6.38. The van der Waals surface area contributed by atoms with Crippen LogP contribution in [0.1, 0.15) is 0 Å². The molecule has 0 spiro atoms. The molecule has 66 valence electrons. The number of fused-ring (bicyclic) bond motifs is 3. The molecule has 2 aliphatic rings. The van der Waals surface area contributed by atoms with Gasteiger partial charge >= 0.3 is 0 Å². The van der Waals surface area contributed by atoms with Crippen LogP contribution in [0.25, 0.3) is 0 Å². The third kappa shape index (κ3) is 0.754. The van der Waals surface area contributed by atoms with Gasteiger partial charge in [0, 0.05) is 6.54 Å². The number of rotatable bonds is 0. The summed E-state index contributed by atoms with van der Waals surface area (Å²) in [6.07, 6.45) is 0. The van der Waals surface area contributed by atoms with Gasteiger partial charge in [0.1, 0.15) is 0 Å². The maximum absolute atomic E-state index is 5.89. The molecule has 0 unspecified atom stereocenters. The standard InChI is InChI=1S/C9H10N4/c10-13-8-4-2-1-3-7(8)12-6-5-11-9(12)13/h1-4H,5-6,10H2. The smallest absolute Gasteiger partial charge is 0.220 e. The maximum Gasteiger partial charge on any atom is 0.220 e. The van der Waals surface area contributed by atoms with Gasteiger partial charge in [-0.2, -0.15) is 0 Å². The van der Waals surface area contributed by atoms with Crippen LogP contribution in [-0.2, 0) is 0 Å². The summed E-state index contributed by atoms with van der Waals surface area (Å²) in [5.74, 6) is 6.77. The number of hydrogen-bond donors (Lipinski definition) is 1. The molecule has 0 bridgehead atoms. The van der Waals surface area contributed by atoms with E-state index in [2.05, 4.69) is 16.0 Å². The van der Waals surface area contributed by atoms with Crippen molar-refractivity contribution < 1.29 is 0 Å². The predicted octanol–water partition coefficient (Wildman–Crippen LogP) is 0.556. The van der Waals surface area contributed by atoms with Crippen molar-refractivity contribution in [3.05, 3.63) is 24.3 Å². The Morgan fingerprint density at radius 3 is 2.85 bits per heavy atom. The Balaban J connectivity index is 2.21. The molecule has 4 nitrogen and oxygen atoms in total. The number of para-hydroxylation sites is 2. The molecule has 0 fully saturated rings. The average molecular weight is 174 g/mol. The summed E-state index contributed by atoms with van der Waals surface area (Å²) in [6.45, 7) is 1.79. The molecule has 0 aliphatic carbocycles. The van der Waals surface area contributed by atoms with E-state index in [9.17, 15) is 0 Å². The quantitative estimate of drug-likeness (QED) is 0.584. The van der Waals surface area contributed by atoms with Crippen LogP contribution in [0, 0.1) is 0 Å². The van der Waals surface area contributed by atoms with Crippen LogP contribution in [0.4, 0.5) is 11.4 Å². The van der Waals surface area contributed by atoms with Crippen LogP contribution in [0.5, 0.6) is 0 Å². The summed E-state index contributed by atoms with van der Waals surface area (Å²) in [7, 11) is 0. The van der Waals surface area contributed by atoms with E-state index in [-0.39, 0.29) is 0 Å². The van der Waals surface area contributed by atoms with Crippen molar-refractivity contribution in [2.24, 2.45) is 10.8 Å². The number of hydrazine groups is 1. The fourth-order valence-electron chi connectivity index (χ4n) is 1.87. The Kier molecular flexibility index (Phi) is 1.19. The summed E-state index contributed by atoms with van der Waals surface area (Å²) in [4.78, 5) is 6.49. The fourth-order valence-corrected chi connectivity index (χ4v) is 1.87. The molecule has 1 aromatic carbocycles. The van der Waals surface area contributed by atoms with Gasteiger partial charge in [0.25, 0.3) is 0 Å². The van der Waals surface area contributed by atoms with Crippen LogP contribution in [0.2, 0.25) is 0 Å². The molecule has 2 N–H and O–H groups in total. The number of anilines is 2. The van der Waals surface area contributed by atoms with E-state index in [0.29, 0.717) is 0 Å². The van der Waals surface area contributed by atoms with E-state index >= 15 is 0 Å². The van der Waals surface area contributed by atoms with E-state index in [0.717, 1.165) is 24.7 Å². The van der Waals surface area contributed by atoms with E-state index in [1.807, 2.05) is 18.2 Å². The van der Waals surface area contributed by atoms with Gasteiger partial charge in [-0.15, -0.1) is 0 Å². The normalized spacial score (nSPS) is 18.7. The molecular weight excluding hydrogens is 164 g/mol. The average Bonchev–Trinajstić information content (AvgIpc) is 2.72. The molecule has 0 radical (unpaired) electrons. The van der Waals surface area contributed by atoms with Gasteiger partial charge in [-0.05, 0) is 12.1 Å². The van der Waals surface area contributed by atoms with Gasteiger partial charge < -0.3 is 4.90 Å². The van der Waals surface area contributed by atoms with Crippen molar-refractivity contribution in [1.29, 1.82) is 0 Å². The predicted molar refractivity (Wildman–Crippen MR) is 52.8 cm³/mol. The second-order valence-electron chi connectivity index (χ2n) is 3.19. The van der Waals surface area contributed by atoms with Crippen molar-refractivity contribution in [2.75, 3.05) is 23.0 Å². The van der Waals surface area contributed by atoms with Crippen molar-refractivity contribution in [3.8, 4) is 0 Å². The molecule has 0 saturated heterocycles. The van der Waals surface area contributed by atoms with Gasteiger partial charge in [0.2, 0.25) is 5.96 Å². The highest BCUT2D eigenvalue weighted by Crippen LogP contribution is 2.36. The molecule has 13 heavy (non-hydrogen) atoms. The number of benzene rings is 1. The highest BCUT2D eigenvalue weighted by Gasteiger charge is 2.32. The third-order valence-electron chi connectivity index (χ3n) is 2.47. The summed E-state index contributed by atoms with van der Waals surface area (Å²) >= 11 is 0. The summed E-state index contributed by atoms with van der Waals surface area (Å²) in [5.41, 5.74) is 2.21. The number of hydrogen-bond acceptors (Lipinski definition) is 4. The van der Waals surface area contributed by atoms with Crippen LogP contribution in [0.15, 0.2) is 29.3 Å². The first-order valence-electron chi connectivity index (χ1n) is 4.34. The lowest BCUT2D eigenvalue weighted by Crippen LogP contribution is -2.40. The minimum atomic E-state index is 0.845. The van der Waals surface area contributed by atoms with E-state index in [1.165, 1.54) is 5.69 Å². The second kappa shape index (κ2) is 2.23. The van der Waals surface area contributed by atoms with Crippen LogP contribution < -0.4 is 15.8 Å². The Bertz CT molecular complexity index is 385. The maximum atomic E-state index is 5.89. The fraction of sp³-hybridized carbons (Fsp3) is 0.222. The van der Waals surface area contributed by atoms with Crippen molar-refractivity contribution in [2.45, 2.75) is 0 Å². The van der Waals surface area contributed by atoms with Gasteiger partial charge in [0.15, 0.2) is 0 Å². The number of guanidine groups is 1. The SMILES string of the molecule is NN1C2=NCCN2c2ccccc21. The molecule has 4 heteroatoms. The summed E-state index contributed by atoms with van der Waals surface area (Å²) in [5, 5.41) is 1.66. The van der Waals surface area contributed by atoms with Gasteiger partial charge in [0.05, 0.1) is 17.9 Å². The minimum absolute atomic E-state index is 0.845. The lowest BCUT2D eigenvalue weighted by molar-refractivity contribution is 1.03. The molecule has 1 aromatic rings. The Hall–Kier alpha value is -1.55.